The lowest BCUT2D eigenvalue weighted by molar-refractivity contribution is -0.588. The van der Waals surface area contributed by atoms with Gasteiger partial charge in [0.2, 0.25) is 0 Å². The van der Waals surface area contributed by atoms with Gasteiger partial charge in [-0.3, -0.25) is 0 Å². The van der Waals surface area contributed by atoms with Gasteiger partial charge < -0.3 is 22.3 Å². The summed E-state index contributed by atoms with van der Waals surface area (Å²) in [5.41, 5.74) is 2.65. The van der Waals surface area contributed by atoms with Crippen molar-refractivity contribution in [3.8, 4) is 0 Å². The number of nitrogens with two attached hydrogens (primary N) is 1. The van der Waals surface area contributed by atoms with Gasteiger partial charge in [0.25, 0.3) is 0 Å². The lowest BCUT2D eigenvalue weighted by Gasteiger charge is -2.00. The number of benzene rings is 2. The van der Waals surface area contributed by atoms with E-state index < -0.39 is 0 Å². The van der Waals surface area contributed by atoms with Crippen molar-refractivity contribution in [1.82, 2.24) is 0 Å². The Bertz CT molecular complexity index is 333. The number of para-hydroxylation sites is 1. The molecule has 2 rings (SSSR count). The Morgan fingerprint density at radius 1 is 0.733 bits per heavy atom. The maximum Gasteiger partial charge on any atom is 0.129 e. The van der Waals surface area contributed by atoms with Crippen molar-refractivity contribution >= 4 is 5.69 Å². The molecule has 0 radical (unpaired) electrons. The number of hydrogen-bond donors (Lipinski definition) is 1. The van der Waals surface area contributed by atoms with Gasteiger partial charge in [-0.15, -0.1) is 0 Å². The van der Waals surface area contributed by atoms with E-state index in [4.69, 9.17) is 0 Å². The van der Waals surface area contributed by atoms with E-state index in [-0.39, 0.29) is 17.0 Å². The predicted octanol–water partition coefficient (Wildman–Crippen LogP) is -0.914. The van der Waals surface area contributed by atoms with E-state index in [0.717, 1.165) is 6.54 Å². The van der Waals surface area contributed by atoms with Gasteiger partial charge in [-0.1, -0.05) is 48.5 Å². The second kappa shape index (κ2) is 6.38. The van der Waals surface area contributed by atoms with Gasteiger partial charge in [0.05, 0.1) is 0 Å². The van der Waals surface area contributed by atoms with E-state index in [1.54, 1.807) is 0 Å². The highest BCUT2D eigenvalue weighted by molar-refractivity contribution is 5.27. The van der Waals surface area contributed by atoms with Crippen LogP contribution in [0.5, 0.6) is 0 Å². The SMILES string of the molecule is [Br-].c1ccc(C[NH2+]c2ccccc2)cc1. The van der Waals surface area contributed by atoms with E-state index in [2.05, 4.69) is 53.8 Å². The first-order chi connectivity index (χ1) is 6.95. The standard InChI is InChI=1S/C13H13N.BrH/c1-3-7-12(8-4-1)11-14-13-9-5-2-6-10-13;/h1-10,14H,11H2;1H. The summed E-state index contributed by atoms with van der Waals surface area (Å²) in [5.74, 6) is 0. The summed E-state index contributed by atoms with van der Waals surface area (Å²) in [6.07, 6.45) is 0. The number of hydrogen-bond acceptors (Lipinski definition) is 0. The molecule has 0 unspecified atom stereocenters. The molecule has 2 N–H and O–H groups in total. The highest BCUT2D eigenvalue weighted by atomic mass is 79.9. The highest BCUT2D eigenvalue weighted by Gasteiger charge is 1.95. The Labute approximate surface area is 101 Å². The fourth-order valence-corrected chi connectivity index (χ4v) is 1.44. The monoisotopic (exact) mass is 263 g/mol. The second-order valence-corrected chi connectivity index (χ2v) is 3.30. The van der Waals surface area contributed by atoms with Crippen LogP contribution in [0.3, 0.4) is 0 Å². The van der Waals surface area contributed by atoms with E-state index in [9.17, 15) is 0 Å². The Kier molecular flexibility index (Phi) is 5.08. The number of rotatable bonds is 3. The Morgan fingerprint density at radius 3 is 1.87 bits per heavy atom. The molecular formula is C13H14BrN. The molecule has 0 heterocycles. The summed E-state index contributed by atoms with van der Waals surface area (Å²) < 4.78 is 0. The lowest BCUT2D eigenvalue weighted by Crippen LogP contribution is -3.00. The zero-order valence-electron chi connectivity index (χ0n) is 8.44. The fraction of sp³-hybridized carbons (Fsp3) is 0.0769. The van der Waals surface area contributed by atoms with Gasteiger partial charge >= 0.3 is 0 Å². The summed E-state index contributed by atoms with van der Waals surface area (Å²) in [6.45, 7) is 1.00. The third-order valence-corrected chi connectivity index (χ3v) is 2.22. The summed E-state index contributed by atoms with van der Waals surface area (Å²) in [4.78, 5) is 0. The molecule has 0 aliphatic carbocycles. The quantitative estimate of drug-likeness (QED) is 0.691. The van der Waals surface area contributed by atoms with Crippen LogP contribution in [0.2, 0.25) is 0 Å². The Morgan fingerprint density at radius 2 is 1.27 bits per heavy atom. The van der Waals surface area contributed by atoms with Crippen LogP contribution >= 0.6 is 0 Å². The van der Waals surface area contributed by atoms with Crippen molar-refractivity contribution < 1.29 is 22.3 Å². The van der Waals surface area contributed by atoms with Crippen molar-refractivity contribution in [3.63, 3.8) is 0 Å². The summed E-state index contributed by atoms with van der Waals surface area (Å²) in [6, 6.07) is 20.9. The first kappa shape index (κ1) is 12.0. The molecule has 2 heteroatoms. The number of quaternary nitrogens is 1. The normalized spacial score (nSPS) is 9.33. The van der Waals surface area contributed by atoms with Crippen molar-refractivity contribution in [2.45, 2.75) is 6.54 Å². The molecule has 0 spiro atoms. The third-order valence-electron chi connectivity index (χ3n) is 2.22. The highest BCUT2D eigenvalue weighted by Crippen LogP contribution is 1.99. The molecule has 0 bridgehead atoms. The van der Waals surface area contributed by atoms with Crippen LogP contribution in [0, 0.1) is 0 Å². The molecule has 0 saturated carbocycles. The van der Waals surface area contributed by atoms with Crippen LogP contribution in [-0.4, -0.2) is 0 Å². The van der Waals surface area contributed by atoms with Gasteiger partial charge in [0.15, 0.2) is 0 Å². The molecule has 2 aromatic rings. The minimum Gasteiger partial charge on any atom is -1.00 e. The lowest BCUT2D eigenvalue weighted by atomic mass is 10.2. The average Bonchev–Trinajstić information content (AvgIpc) is 2.29. The first-order valence-electron chi connectivity index (χ1n) is 4.87. The van der Waals surface area contributed by atoms with E-state index in [0.29, 0.717) is 0 Å². The molecule has 1 nitrogen and oxygen atoms in total. The Hall–Kier alpha value is -1.12. The minimum absolute atomic E-state index is 0. The van der Waals surface area contributed by atoms with Crippen molar-refractivity contribution in [3.05, 3.63) is 66.2 Å². The van der Waals surface area contributed by atoms with Crippen LogP contribution < -0.4 is 22.3 Å². The molecule has 2 aromatic carbocycles. The topological polar surface area (TPSA) is 16.6 Å². The van der Waals surface area contributed by atoms with Crippen LogP contribution in [0.25, 0.3) is 0 Å². The molecule has 0 aliphatic heterocycles. The molecule has 0 saturated heterocycles. The molecule has 0 atom stereocenters. The van der Waals surface area contributed by atoms with E-state index in [1.165, 1.54) is 11.3 Å². The molecule has 0 fully saturated rings. The molecule has 0 aliphatic rings. The fourth-order valence-electron chi connectivity index (χ4n) is 1.44. The third kappa shape index (κ3) is 3.86. The second-order valence-electron chi connectivity index (χ2n) is 3.30. The van der Waals surface area contributed by atoms with Crippen molar-refractivity contribution in [1.29, 1.82) is 0 Å². The van der Waals surface area contributed by atoms with Crippen LogP contribution in [0.1, 0.15) is 5.56 Å². The maximum absolute atomic E-state index is 2.25. The average molecular weight is 264 g/mol. The first-order valence-corrected chi connectivity index (χ1v) is 4.87. The van der Waals surface area contributed by atoms with Gasteiger partial charge in [-0.05, 0) is 12.1 Å². The van der Waals surface area contributed by atoms with Crippen molar-refractivity contribution in [2.24, 2.45) is 0 Å². The zero-order valence-corrected chi connectivity index (χ0v) is 10.0. The summed E-state index contributed by atoms with van der Waals surface area (Å²) >= 11 is 0. The number of halogens is 1. The van der Waals surface area contributed by atoms with Gasteiger partial charge in [-0.2, -0.15) is 0 Å². The van der Waals surface area contributed by atoms with E-state index >= 15 is 0 Å². The van der Waals surface area contributed by atoms with Gasteiger partial charge in [0, 0.05) is 5.56 Å². The van der Waals surface area contributed by atoms with E-state index in [1.807, 2.05) is 12.1 Å². The van der Waals surface area contributed by atoms with Gasteiger partial charge in [0.1, 0.15) is 12.2 Å². The molecular weight excluding hydrogens is 250 g/mol. The summed E-state index contributed by atoms with van der Waals surface area (Å²) in [7, 11) is 0. The summed E-state index contributed by atoms with van der Waals surface area (Å²) in [5, 5.41) is 2.25. The van der Waals surface area contributed by atoms with Crippen LogP contribution in [0.4, 0.5) is 5.69 Å². The van der Waals surface area contributed by atoms with Crippen molar-refractivity contribution in [2.75, 3.05) is 0 Å². The molecule has 0 amide bonds. The van der Waals surface area contributed by atoms with Crippen LogP contribution in [-0.2, 0) is 6.54 Å². The molecule has 15 heavy (non-hydrogen) atoms. The van der Waals surface area contributed by atoms with Crippen LogP contribution in [0.15, 0.2) is 60.7 Å². The molecule has 78 valence electrons. The largest absolute Gasteiger partial charge is 1.00 e. The Balaban J connectivity index is 0.00000112. The minimum atomic E-state index is 0. The maximum atomic E-state index is 2.25. The smallest absolute Gasteiger partial charge is 0.129 e. The zero-order chi connectivity index (χ0) is 9.64. The molecule has 0 aromatic heterocycles. The predicted molar refractivity (Wildman–Crippen MR) is 58.2 cm³/mol. The van der Waals surface area contributed by atoms with Gasteiger partial charge in [-0.25, -0.2) is 0 Å².